The minimum atomic E-state index is -1.14. The van der Waals surface area contributed by atoms with Crippen molar-refractivity contribution in [2.45, 2.75) is 50.7 Å². The number of thioether (sulfide) groups is 1. The summed E-state index contributed by atoms with van der Waals surface area (Å²) >= 11 is 1.49. The minimum absolute atomic E-state index is 0.256. The van der Waals surface area contributed by atoms with Crippen LogP contribution in [-0.4, -0.2) is 72.0 Å². The van der Waals surface area contributed by atoms with Crippen LogP contribution in [-0.2, 0) is 19.2 Å². The predicted molar refractivity (Wildman–Crippen MR) is 104 cm³/mol. The smallest absolute Gasteiger partial charge is 0.326 e. The number of nitrogens with one attached hydrogen (secondary N) is 3. The number of carbonyl (C=O) groups is 4. The molecule has 0 spiro atoms. The summed E-state index contributed by atoms with van der Waals surface area (Å²) in [4.78, 5) is 47.2. The van der Waals surface area contributed by atoms with Crippen molar-refractivity contribution in [3.63, 3.8) is 0 Å². The van der Waals surface area contributed by atoms with E-state index < -0.39 is 41.8 Å². The van der Waals surface area contributed by atoms with E-state index in [-0.39, 0.29) is 13.0 Å². The summed E-state index contributed by atoms with van der Waals surface area (Å²) in [6, 6.07) is -2.69. The standard InChI is InChI=1S/C16H31N5O5S/c1-10(18)14(23)19-9-13(22)20-11(6-8-27-2)15(24)21-12(16(25)26)5-3-4-7-17/h10-12H,3-9,17-18H2,1-2H3,(H,19,23)(H,20,22)(H,21,24)(H,25,26). The Balaban J connectivity index is 4.78. The molecule has 11 heteroatoms. The number of rotatable bonds is 14. The van der Waals surface area contributed by atoms with Gasteiger partial charge in [0.2, 0.25) is 17.7 Å². The molecule has 0 aromatic carbocycles. The second-order valence-electron chi connectivity index (χ2n) is 6.09. The topological polar surface area (TPSA) is 177 Å². The van der Waals surface area contributed by atoms with Crippen molar-refractivity contribution in [1.29, 1.82) is 0 Å². The highest BCUT2D eigenvalue weighted by Gasteiger charge is 2.26. The fourth-order valence-corrected chi connectivity index (χ4v) is 2.57. The molecular weight excluding hydrogens is 374 g/mol. The van der Waals surface area contributed by atoms with Crippen molar-refractivity contribution in [2.75, 3.05) is 25.1 Å². The van der Waals surface area contributed by atoms with Crippen molar-refractivity contribution in [3.05, 3.63) is 0 Å². The van der Waals surface area contributed by atoms with E-state index in [1.54, 1.807) is 0 Å². The highest BCUT2D eigenvalue weighted by atomic mass is 32.2. The van der Waals surface area contributed by atoms with Crippen LogP contribution in [0.3, 0.4) is 0 Å². The lowest BCUT2D eigenvalue weighted by molar-refractivity contribution is -0.142. The highest BCUT2D eigenvalue weighted by molar-refractivity contribution is 7.98. The third-order valence-corrected chi connectivity index (χ3v) is 4.30. The van der Waals surface area contributed by atoms with Crippen LogP contribution in [0.2, 0.25) is 0 Å². The van der Waals surface area contributed by atoms with Crippen molar-refractivity contribution in [1.82, 2.24) is 16.0 Å². The number of unbranched alkanes of at least 4 members (excludes halogenated alkanes) is 1. The molecule has 0 radical (unpaired) electrons. The van der Waals surface area contributed by atoms with Crippen molar-refractivity contribution < 1.29 is 24.3 Å². The molecule has 0 aliphatic carbocycles. The summed E-state index contributed by atoms with van der Waals surface area (Å²) in [5, 5.41) is 16.6. The lowest BCUT2D eigenvalue weighted by atomic mass is 10.1. The van der Waals surface area contributed by atoms with Crippen molar-refractivity contribution >= 4 is 35.5 Å². The minimum Gasteiger partial charge on any atom is -0.480 e. The molecule has 3 unspecified atom stereocenters. The average Bonchev–Trinajstić information content (AvgIpc) is 2.61. The van der Waals surface area contributed by atoms with E-state index >= 15 is 0 Å². The Labute approximate surface area is 163 Å². The normalized spacial score (nSPS) is 13.9. The summed E-state index contributed by atoms with van der Waals surface area (Å²) in [5.41, 5.74) is 10.8. The van der Waals surface area contributed by atoms with Gasteiger partial charge in [-0.15, -0.1) is 0 Å². The molecule has 3 atom stereocenters. The SMILES string of the molecule is CSCCC(NC(=O)CNC(=O)C(C)N)C(=O)NC(CCCCN)C(=O)O. The van der Waals surface area contributed by atoms with E-state index in [0.29, 0.717) is 31.6 Å². The second kappa shape index (κ2) is 14.2. The number of nitrogens with two attached hydrogens (primary N) is 2. The van der Waals surface area contributed by atoms with Gasteiger partial charge in [0.1, 0.15) is 12.1 Å². The van der Waals surface area contributed by atoms with Crippen LogP contribution in [0.15, 0.2) is 0 Å². The molecule has 0 aliphatic rings. The first-order valence-electron chi connectivity index (χ1n) is 8.77. The van der Waals surface area contributed by atoms with E-state index in [2.05, 4.69) is 16.0 Å². The Hall–Kier alpha value is -1.85. The predicted octanol–water partition coefficient (Wildman–Crippen LogP) is -1.61. The molecule has 0 saturated heterocycles. The lowest BCUT2D eigenvalue weighted by Crippen LogP contribution is -2.53. The number of carboxylic acid groups (broad SMARTS) is 1. The summed E-state index contributed by atoms with van der Waals surface area (Å²) in [5.74, 6) is -2.16. The van der Waals surface area contributed by atoms with Gasteiger partial charge in [0.15, 0.2) is 0 Å². The Kier molecular flexibility index (Phi) is 13.3. The summed E-state index contributed by atoms with van der Waals surface area (Å²) in [6.45, 7) is 1.61. The van der Waals surface area contributed by atoms with Gasteiger partial charge < -0.3 is 32.5 Å². The maximum absolute atomic E-state index is 12.4. The van der Waals surface area contributed by atoms with Crippen LogP contribution in [0.4, 0.5) is 0 Å². The first-order valence-corrected chi connectivity index (χ1v) is 10.2. The third-order valence-electron chi connectivity index (χ3n) is 3.66. The van der Waals surface area contributed by atoms with Gasteiger partial charge >= 0.3 is 5.97 Å². The van der Waals surface area contributed by atoms with Gasteiger partial charge in [-0.3, -0.25) is 14.4 Å². The summed E-state index contributed by atoms with van der Waals surface area (Å²) in [7, 11) is 0. The zero-order valence-corrected chi connectivity index (χ0v) is 16.6. The van der Waals surface area contributed by atoms with E-state index in [4.69, 9.17) is 11.5 Å². The van der Waals surface area contributed by atoms with Crippen LogP contribution in [0.1, 0.15) is 32.6 Å². The molecule has 27 heavy (non-hydrogen) atoms. The molecule has 0 aromatic rings. The second-order valence-corrected chi connectivity index (χ2v) is 7.08. The van der Waals surface area contributed by atoms with Gasteiger partial charge in [0.25, 0.3) is 0 Å². The molecule has 10 nitrogen and oxygen atoms in total. The molecule has 8 N–H and O–H groups in total. The van der Waals surface area contributed by atoms with Crippen LogP contribution in [0, 0.1) is 0 Å². The molecule has 0 heterocycles. The molecule has 156 valence electrons. The van der Waals surface area contributed by atoms with E-state index in [1.807, 2.05) is 6.26 Å². The van der Waals surface area contributed by atoms with Gasteiger partial charge in [-0.2, -0.15) is 11.8 Å². The molecule has 0 saturated carbocycles. The van der Waals surface area contributed by atoms with Gasteiger partial charge in [0.05, 0.1) is 12.6 Å². The highest BCUT2D eigenvalue weighted by Crippen LogP contribution is 2.05. The van der Waals surface area contributed by atoms with E-state index in [1.165, 1.54) is 18.7 Å². The Bertz CT molecular complexity index is 504. The van der Waals surface area contributed by atoms with Crippen LogP contribution in [0.25, 0.3) is 0 Å². The molecular formula is C16H31N5O5S. The van der Waals surface area contributed by atoms with E-state index in [0.717, 1.165) is 0 Å². The summed E-state index contributed by atoms with van der Waals surface area (Å²) in [6.07, 6.45) is 3.66. The van der Waals surface area contributed by atoms with Gasteiger partial charge in [-0.05, 0) is 51.2 Å². The number of hydrogen-bond donors (Lipinski definition) is 6. The monoisotopic (exact) mass is 405 g/mol. The largest absolute Gasteiger partial charge is 0.480 e. The molecule has 0 fully saturated rings. The molecule has 0 rings (SSSR count). The lowest BCUT2D eigenvalue weighted by Gasteiger charge is -2.21. The first-order chi connectivity index (χ1) is 12.7. The summed E-state index contributed by atoms with van der Waals surface area (Å²) < 4.78 is 0. The molecule has 0 bridgehead atoms. The number of carbonyl (C=O) groups excluding carboxylic acids is 3. The van der Waals surface area contributed by atoms with Crippen molar-refractivity contribution in [2.24, 2.45) is 11.5 Å². The Morgan fingerprint density at radius 1 is 1.04 bits per heavy atom. The first kappa shape index (κ1) is 25.1. The fraction of sp³-hybridized carbons (Fsp3) is 0.750. The Morgan fingerprint density at radius 2 is 1.70 bits per heavy atom. The van der Waals surface area contributed by atoms with Crippen LogP contribution < -0.4 is 27.4 Å². The maximum Gasteiger partial charge on any atom is 0.326 e. The number of carboxylic acids is 1. The zero-order valence-electron chi connectivity index (χ0n) is 15.8. The zero-order chi connectivity index (χ0) is 20.8. The van der Waals surface area contributed by atoms with Crippen molar-refractivity contribution in [3.8, 4) is 0 Å². The number of amides is 3. The molecule has 0 aromatic heterocycles. The average molecular weight is 406 g/mol. The van der Waals surface area contributed by atoms with E-state index in [9.17, 15) is 24.3 Å². The van der Waals surface area contributed by atoms with Gasteiger partial charge in [-0.25, -0.2) is 4.79 Å². The number of aliphatic carboxylic acids is 1. The van der Waals surface area contributed by atoms with Gasteiger partial charge in [-0.1, -0.05) is 0 Å². The molecule has 3 amide bonds. The van der Waals surface area contributed by atoms with Crippen LogP contribution in [0.5, 0.6) is 0 Å². The van der Waals surface area contributed by atoms with Crippen LogP contribution >= 0.6 is 11.8 Å². The third kappa shape index (κ3) is 11.5. The Morgan fingerprint density at radius 3 is 2.22 bits per heavy atom. The molecule has 0 aliphatic heterocycles. The van der Waals surface area contributed by atoms with Gasteiger partial charge in [0, 0.05) is 0 Å². The fourth-order valence-electron chi connectivity index (χ4n) is 2.10. The maximum atomic E-state index is 12.4. The number of hydrogen-bond acceptors (Lipinski definition) is 7. The quantitative estimate of drug-likeness (QED) is 0.187.